The van der Waals surface area contributed by atoms with Crippen LogP contribution in [-0.4, -0.2) is 19.1 Å². The summed E-state index contributed by atoms with van der Waals surface area (Å²) < 4.78 is 43.9. The third-order valence-electron chi connectivity index (χ3n) is 2.82. The Morgan fingerprint density at radius 1 is 1.35 bits per heavy atom. The van der Waals surface area contributed by atoms with Crippen LogP contribution in [0.25, 0.3) is 10.9 Å². The number of benzene rings is 1. The van der Waals surface area contributed by atoms with E-state index in [-0.39, 0.29) is 11.2 Å². The van der Waals surface area contributed by atoms with Crippen LogP contribution in [0.4, 0.5) is 18.9 Å². The Labute approximate surface area is 112 Å². The maximum absolute atomic E-state index is 13.0. The number of nitriles is 1. The number of hydrogen-bond donors (Lipinski definition) is 1. The number of pyridine rings is 1. The van der Waals surface area contributed by atoms with E-state index in [4.69, 9.17) is 10.00 Å². The average Bonchev–Trinajstić information content (AvgIpc) is 2.43. The summed E-state index contributed by atoms with van der Waals surface area (Å²) in [5.74, 6) is 0.472. The van der Waals surface area contributed by atoms with Gasteiger partial charge in [0.15, 0.2) is 5.69 Å². The van der Waals surface area contributed by atoms with Gasteiger partial charge in [0.05, 0.1) is 18.3 Å². The molecule has 0 aliphatic rings. The Morgan fingerprint density at radius 2 is 2.05 bits per heavy atom. The van der Waals surface area contributed by atoms with E-state index < -0.39 is 17.4 Å². The Kier molecular flexibility index (Phi) is 3.40. The number of rotatable bonds is 2. The normalized spacial score (nSPS) is 11.2. The molecule has 0 saturated carbocycles. The van der Waals surface area contributed by atoms with Crippen LogP contribution in [0.5, 0.6) is 5.75 Å². The third kappa shape index (κ3) is 2.20. The third-order valence-corrected chi connectivity index (χ3v) is 2.82. The quantitative estimate of drug-likeness (QED) is 0.918. The van der Waals surface area contributed by atoms with Gasteiger partial charge in [-0.1, -0.05) is 0 Å². The van der Waals surface area contributed by atoms with Crippen molar-refractivity contribution in [2.75, 3.05) is 19.5 Å². The van der Waals surface area contributed by atoms with Crippen LogP contribution in [-0.2, 0) is 6.18 Å². The van der Waals surface area contributed by atoms with Gasteiger partial charge < -0.3 is 10.1 Å². The van der Waals surface area contributed by atoms with E-state index in [0.717, 1.165) is 0 Å². The van der Waals surface area contributed by atoms with Gasteiger partial charge in [-0.2, -0.15) is 18.4 Å². The predicted octanol–water partition coefficient (Wildman–Crippen LogP) is 3.18. The number of anilines is 1. The Bertz CT molecular complexity index is 705. The lowest BCUT2D eigenvalue weighted by Crippen LogP contribution is -2.13. The van der Waals surface area contributed by atoms with Crippen molar-refractivity contribution in [3.8, 4) is 11.8 Å². The fourth-order valence-electron chi connectivity index (χ4n) is 1.94. The van der Waals surface area contributed by atoms with Gasteiger partial charge in [0.1, 0.15) is 17.4 Å². The molecule has 2 aromatic rings. The van der Waals surface area contributed by atoms with Gasteiger partial charge in [0.25, 0.3) is 0 Å². The molecule has 0 aliphatic heterocycles. The highest BCUT2D eigenvalue weighted by Gasteiger charge is 2.37. The van der Waals surface area contributed by atoms with Crippen LogP contribution in [0.3, 0.4) is 0 Å². The highest BCUT2D eigenvalue weighted by atomic mass is 19.4. The molecular weight excluding hydrogens is 271 g/mol. The van der Waals surface area contributed by atoms with Crippen molar-refractivity contribution in [1.82, 2.24) is 4.98 Å². The van der Waals surface area contributed by atoms with Crippen molar-refractivity contribution >= 4 is 16.6 Å². The van der Waals surface area contributed by atoms with Crippen molar-refractivity contribution in [2.24, 2.45) is 0 Å². The molecule has 7 heteroatoms. The zero-order valence-corrected chi connectivity index (χ0v) is 10.7. The number of fused-ring (bicyclic) bond motifs is 1. The Balaban J connectivity index is 2.90. The van der Waals surface area contributed by atoms with Crippen LogP contribution < -0.4 is 10.1 Å². The minimum atomic E-state index is -4.69. The lowest BCUT2D eigenvalue weighted by Gasteiger charge is -2.14. The van der Waals surface area contributed by atoms with Gasteiger partial charge in [-0.15, -0.1) is 0 Å². The number of ether oxygens (including phenoxy) is 1. The molecule has 0 fully saturated rings. The van der Waals surface area contributed by atoms with Gasteiger partial charge >= 0.3 is 6.18 Å². The van der Waals surface area contributed by atoms with Crippen LogP contribution in [0.1, 0.15) is 11.3 Å². The van der Waals surface area contributed by atoms with Crippen LogP contribution in [0.2, 0.25) is 0 Å². The van der Waals surface area contributed by atoms with Gasteiger partial charge in [-0.25, -0.2) is 4.98 Å². The Morgan fingerprint density at radius 3 is 2.55 bits per heavy atom. The Hall–Kier alpha value is -2.49. The van der Waals surface area contributed by atoms with Gasteiger partial charge in [0, 0.05) is 12.4 Å². The summed E-state index contributed by atoms with van der Waals surface area (Å²) >= 11 is 0. The number of methoxy groups -OCH3 is 1. The van der Waals surface area contributed by atoms with Gasteiger partial charge in [-0.3, -0.25) is 0 Å². The molecule has 1 aromatic heterocycles. The van der Waals surface area contributed by atoms with Crippen LogP contribution in [0, 0.1) is 11.3 Å². The monoisotopic (exact) mass is 281 g/mol. The molecule has 104 valence electrons. The second-order valence-corrected chi connectivity index (χ2v) is 3.95. The molecule has 0 spiro atoms. The summed E-state index contributed by atoms with van der Waals surface area (Å²) in [5, 5.41) is 12.1. The van der Waals surface area contributed by atoms with E-state index in [0.29, 0.717) is 11.1 Å². The molecule has 20 heavy (non-hydrogen) atoms. The fraction of sp³-hybridized carbons (Fsp3) is 0.231. The molecule has 4 nitrogen and oxygen atoms in total. The van der Waals surface area contributed by atoms with Crippen molar-refractivity contribution in [2.45, 2.75) is 6.18 Å². The first-order valence-corrected chi connectivity index (χ1v) is 5.59. The van der Waals surface area contributed by atoms with Crippen molar-refractivity contribution < 1.29 is 17.9 Å². The first kappa shape index (κ1) is 13.9. The molecule has 0 unspecified atom stereocenters. The van der Waals surface area contributed by atoms with E-state index in [1.54, 1.807) is 6.07 Å². The van der Waals surface area contributed by atoms with E-state index in [9.17, 15) is 13.2 Å². The summed E-state index contributed by atoms with van der Waals surface area (Å²) in [7, 11) is 2.90. The van der Waals surface area contributed by atoms with E-state index in [1.165, 1.54) is 32.4 Å². The van der Waals surface area contributed by atoms with Crippen LogP contribution in [0.15, 0.2) is 18.2 Å². The smallest absolute Gasteiger partial charge is 0.434 e. The number of hydrogen-bond acceptors (Lipinski definition) is 4. The summed E-state index contributed by atoms with van der Waals surface area (Å²) in [6.45, 7) is 0. The highest BCUT2D eigenvalue weighted by molar-refractivity contribution is 5.95. The predicted molar refractivity (Wildman–Crippen MR) is 67.6 cm³/mol. The first-order valence-electron chi connectivity index (χ1n) is 5.59. The highest BCUT2D eigenvalue weighted by Crippen LogP contribution is 2.37. The molecule has 1 aromatic carbocycles. The molecule has 0 bridgehead atoms. The molecule has 2 rings (SSSR count). The molecule has 0 amide bonds. The van der Waals surface area contributed by atoms with Gasteiger partial charge in [0.2, 0.25) is 0 Å². The van der Waals surface area contributed by atoms with E-state index in [1.807, 2.05) is 0 Å². The molecule has 0 radical (unpaired) electrons. The lowest BCUT2D eigenvalue weighted by atomic mass is 10.1. The minimum Gasteiger partial charge on any atom is -0.497 e. The summed E-state index contributed by atoms with van der Waals surface area (Å²) in [6, 6.07) is 6.04. The van der Waals surface area contributed by atoms with Crippen LogP contribution >= 0.6 is 0 Å². The lowest BCUT2D eigenvalue weighted by molar-refractivity contribution is -0.141. The zero-order chi connectivity index (χ0) is 14.9. The largest absolute Gasteiger partial charge is 0.497 e. The second-order valence-electron chi connectivity index (χ2n) is 3.95. The average molecular weight is 281 g/mol. The molecular formula is C13H10F3N3O. The second kappa shape index (κ2) is 4.89. The number of nitrogens with zero attached hydrogens (tertiary/aromatic N) is 2. The maximum Gasteiger partial charge on any atom is 0.434 e. The van der Waals surface area contributed by atoms with Gasteiger partial charge in [-0.05, 0) is 18.2 Å². The number of aromatic nitrogens is 1. The molecule has 0 saturated heterocycles. The van der Waals surface area contributed by atoms with Crippen molar-refractivity contribution in [3.63, 3.8) is 0 Å². The topological polar surface area (TPSA) is 57.9 Å². The summed E-state index contributed by atoms with van der Waals surface area (Å²) in [5.41, 5.74) is -1.49. The molecule has 0 atom stereocenters. The SMILES string of the molecule is CNc1c(C#N)c(C(F)(F)F)nc2ccc(OC)cc12. The van der Waals surface area contributed by atoms with E-state index in [2.05, 4.69) is 10.3 Å². The van der Waals surface area contributed by atoms with Crippen molar-refractivity contribution in [1.29, 1.82) is 5.26 Å². The molecule has 0 aliphatic carbocycles. The number of halogens is 3. The number of alkyl halides is 3. The molecule has 1 heterocycles. The molecule has 1 N–H and O–H groups in total. The zero-order valence-electron chi connectivity index (χ0n) is 10.7. The van der Waals surface area contributed by atoms with Crippen molar-refractivity contribution in [3.05, 3.63) is 29.5 Å². The minimum absolute atomic E-state index is 0.0868. The fourth-order valence-corrected chi connectivity index (χ4v) is 1.94. The standard InChI is InChI=1S/C13H10F3N3O/c1-18-11-8-5-7(20-2)3-4-10(8)19-12(9(11)6-17)13(14,15)16/h3-5H,1-2H3,(H,18,19). The van der Waals surface area contributed by atoms with E-state index >= 15 is 0 Å². The number of nitrogens with one attached hydrogen (secondary N) is 1. The maximum atomic E-state index is 13.0. The summed E-state index contributed by atoms with van der Waals surface area (Å²) in [4.78, 5) is 3.56. The first-order chi connectivity index (χ1) is 9.42. The summed E-state index contributed by atoms with van der Waals surface area (Å²) in [6.07, 6.45) is -4.69.